The lowest BCUT2D eigenvalue weighted by Crippen LogP contribution is -2.28. The molecule has 0 fully saturated rings. The monoisotopic (exact) mass is 281 g/mol. The number of carbonyl (C=O) groups is 1. The zero-order valence-corrected chi connectivity index (χ0v) is 11.9. The molecule has 3 nitrogen and oxygen atoms in total. The highest BCUT2D eigenvalue weighted by Crippen LogP contribution is 2.22. The molecule has 2 aromatic carbocycles. The van der Waals surface area contributed by atoms with Crippen molar-refractivity contribution in [2.45, 2.75) is 31.9 Å². The van der Waals surface area contributed by atoms with Crippen LogP contribution in [0.1, 0.15) is 34.8 Å². The molecule has 2 aromatic rings. The smallest absolute Gasteiger partial charge is 0.253 e. The Morgan fingerprint density at radius 2 is 1.86 bits per heavy atom. The highest BCUT2D eigenvalue weighted by molar-refractivity contribution is 5.81. The summed E-state index contributed by atoms with van der Waals surface area (Å²) in [7, 11) is 0. The second-order valence-electron chi connectivity index (χ2n) is 5.49. The van der Waals surface area contributed by atoms with Crippen LogP contribution >= 0.6 is 0 Å². The number of hydrogen-bond donors (Lipinski definition) is 2. The van der Waals surface area contributed by atoms with Crippen LogP contribution in [0, 0.1) is 0 Å². The van der Waals surface area contributed by atoms with Crippen LogP contribution in [0.15, 0.2) is 48.5 Å². The van der Waals surface area contributed by atoms with E-state index in [1.807, 2.05) is 18.2 Å². The molecule has 1 amide bonds. The molecule has 0 radical (unpaired) electrons. The SMILES string of the molecule is O=C(NCc1ccc2c(c1)CCC2)C(O)c1ccccc1. The standard InChI is InChI=1S/C18H19NO2/c20-17(15-5-2-1-3-6-15)18(21)19-12-13-9-10-14-7-4-8-16(14)11-13/h1-3,5-6,9-11,17,20H,4,7-8,12H2,(H,19,21). The molecule has 1 aliphatic carbocycles. The first-order valence-corrected chi connectivity index (χ1v) is 7.35. The maximum Gasteiger partial charge on any atom is 0.253 e. The van der Waals surface area contributed by atoms with E-state index in [4.69, 9.17) is 0 Å². The van der Waals surface area contributed by atoms with E-state index in [2.05, 4.69) is 23.5 Å². The van der Waals surface area contributed by atoms with Gasteiger partial charge in [-0.3, -0.25) is 4.79 Å². The lowest BCUT2D eigenvalue weighted by Gasteiger charge is -2.12. The number of rotatable bonds is 4. The van der Waals surface area contributed by atoms with Gasteiger partial charge in [-0.15, -0.1) is 0 Å². The highest BCUT2D eigenvalue weighted by atomic mass is 16.3. The van der Waals surface area contributed by atoms with E-state index in [1.165, 1.54) is 17.5 Å². The number of hydrogen-bond acceptors (Lipinski definition) is 2. The van der Waals surface area contributed by atoms with Crippen molar-refractivity contribution in [1.29, 1.82) is 0 Å². The van der Waals surface area contributed by atoms with Crippen LogP contribution in [-0.2, 0) is 24.2 Å². The summed E-state index contributed by atoms with van der Waals surface area (Å²) in [6.07, 6.45) is 2.40. The number of aryl methyl sites for hydroxylation is 2. The Labute approximate surface area is 124 Å². The van der Waals surface area contributed by atoms with E-state index in [-0.39, 0.29) is 5.91 Å². The van der Waals surface area contributed by atoms with E-state index >= 15 is 0 Å². The minimum Gasteiger partial charge on any atom is -0.378 e. The largest absolute Gasteiger partial charge is 0.378 e. The Morgan fingerprint density at radius 1 is 1.10 bits per heavy atom. The van der Waals surface area contributed by atoms with Crippen molar-refractivity contribution in [3.05, 3.63) is 70.8 Å². The molecular formula is C18H19NO2. The molecule has 21 heavy (non-hydrogen) atoms. The minimum absolute atomic E-state index is 0.360. The van der Waals surface area contributed by atoms with Crippen LogP contribution < -0.4 is 5.32 Å². The number of nitrogens with one attached hydrogen (secondary N) is 1. The Kier molecular flexibility index (Phi) is 4.02. The molecule has 1 aliphatic rings. The maximum absolute atomic E-state index is 12.0. The Bertz CT molecular complexity index is 637. The van der Waals surface area contributed by atoms with E-state index in [1.54, 1.807) is 12.1 Å². The molecule has 0 heterocycles. The maximum atomic E-state index is 12.0. The van der Waals surface area contributed by atoms with Crippen LogP contribution in [0.2, 0.25) is 0 Å². The number of amides is 1. The minimum atomic E-state index is -1.11. The van der Waals surface area contributed by atoms with Crippen LogP contribution in [0.5, 0.6) is 0 Å². The van der Waals surface area contributed by atoms with Gasteiger partial charge < -0.3 is 10.4 Å². The number of benzene rings is 2. The fraction of sp³-hybridized carbons (Fsp3) is 0.278. The first kappa shape index (κ1) is 13.8. The summed E-state index contributed by atoms with van der Waals surface area (Å²) in [5.41, 5.74) is 4.52. The fourth-order valence-electron chi connectivity index (χ4n) is 2.81. The quantitative estimate of drug-likeness (QED) is 0.904. The van der Waals surface area contributed by atoms with Crippen LogP contribution in [0.4, 0.5) is 0 Å². The topological polar surface area (TPSA) is 49.3 Å². The van der Waals surface area contributed by atoms with Crippen molar-refractivity contribution < 1.29 is 9.90 Å². The van der Waals surface area contributed by atoms with Gasteiger partial charge in [0.25, 0.3) is 5.91 Å². The van der Waals surface area contributed by atoms with Gasteiger partial charge in [-0.1, -0.05) is 48.5 Å². The Morgan fingerprint density at radius 3 is 2.67 bits per heavy atom. The van der Waals surface area contributed by atoms with Gasteiger partial charge in [-0.25, -0.2) is 0 Å². The number of fused-ring (bicyclic) bond motifs is 1. The molecule has 0 bridgehead atoms. The Hall–Kier alpha value is -2.13. The first-order chi connectivity index (χ1) is 10.2. The first-order valence-electron chi connectivity index (χ1n) is 7.35. The molecule has 3 rings (SSSR count). The van der Waals surface area contributed by atoms with Crippen molar-refractivity contribution in [3.8, 4) is 0 Å². The summed E-state index contributed by atoms with van der Waals surface area (Å²) in [5, 5.41) is 12.8. The van der Waals surface area contributed by atoms with Crippen molar-refractivity contribution in [1.82, 2.24) is 5.32 Å². The van der Waals surface area contributed by atoms with E-state index in [0.29, 0.717) is 12.1 Å². The summed E-state index contributed by atoms with van der Waals surface area (Å²) >= 11 is 0. The number of carbonyl (C=O) groups excluding carboxylic acids is 1. The third-order valence-electron chi connectivity index (χ3n) is 3.99. The van der Waals surface area contributed by atoms with Crippen LogP contribution in [0.25, 0.3) is 0 Å². The van der Waals surface area contributed by atoms with Crippen LogP contribution in [0.3, 0.4) is 0 Å². The van der Waals surface area contributed by atoms with Crippen molar-refractivity contribution >= 4 is 5.91 Å². The van der Waals surface area contributed by atoms with E-state index < -0.39 is 6.10 Å². The van der Waals surface area contributed by atoms with E-state index in [9.17, 15) is 9.90 Å². The van der Waals surface area contributed by atoms with Gasteiger partial charge >= 0.3 is 0 Å². The average Bonchev–Trinajstić information content (AvgIpc) is 3.00. The molecule has 108 valence electrons. The van der Waals surface area contributed by atoms with Crippen molar-refractivity contribution in [3.63, 3.8) is 0 Å². The second-order valence-corrected chi connectivity index (χ2v) is 5.49. The van der Waals surface area contributed by atoms with Crippen LogP contribution in [-0.4, -0.2) is 11.0 Å². The van der Waals surface area contributed by atoms with Gasteiger partial charge in [-0.2, -0.15) is 0 Å². The van der Waals surface area contributed by atoms with Crippen molar-refractivity contribution in [2.24, 2.45) is 0 Å². The fourth-order valence-corrected chi connectivity index (χ4v) is 2.81. The van der Waals surface area contributed by atoms with Gasteiger partial charge in [0.1, 0.15) is 0 Å². The number of aliphatic hydroxyl groups excluding tert-OH is 1. The third kappa shape index (κ3) is 3.14. The zero-order valence-electron chi connectivity index (χ0n) is 11.9. The van der Waals surface area contributed by atoms with Gasteiger partial charge in [0.2, 0.25) is 0 Å². The summed E-state index contributed by atoms with van der Waals surface area (Å²) in [6, 6.07) is 15.4. The lowest BCUT2D eigenvalue weighted by molar-refractivity contribution is -0.129. The van der Waals surface area contributed by atoms with Gasteiger partial charge in [0, 0.05) is 6.54 Å². The van der Waals surface area contributed by atoms with Gasteiger partial charge in [0.05, 0.1) is 0 Å². The van der Waals surface area contributed by atoms with Gasteiger partial charge in [-0.05, 0) is 41.5 Å². The molecule has 0 aliphatic heterocycles. The summed E-state index contributed by atoms with van der Waals surface area (Å²) in [5.74, 6) is -0.360. The molecule has 2 N–H and O–H groups in total. The summed E-state index contributed by atoms with van der Waals surface area (Å²) in [6.45, 7) is 0.454. The molecule has 1 unspecified atom stereocenters. The predicted octanol–water partition coefficient (Wildman–Crippen LogP) is 2.53. The molecule has 3 heteroatoms. The molecule has 0 saturated heterocycles. The summed E-state index contributed by atoms with van der Waals surface area (Å²) in [4.78, 5) is 12.0. The predicted molar refractivity (Wildman–Crippen MR) is 81.7 cm³/mol. The molecule has 1 atom stereocenters. The molecule has 0 saturated carbocycles. The molecule has 0 spiro atoms. The summed E-state index contributed by atoms with van der Waals surface area (Å²) < 4.78 is 0. The normalized spacial score (nSPS) is 14.5. The van der Waals surface area contributed by atoms with E-state index in [0.717, 1.165) is 18.4 Å². The molecule has 0 aromatic heterocycles. The molecular weight excluding hydrogens is 262 g/mol. The van der Waals surface area contributed by atoms with Crippen molar-refractivity contribution in [2.75, 3.05) is 0 Å². The lowest BCUT2D eigenvalue weighted by atomic mass is 10.1. The number of aliphatic hydroxyl groups is 1. The third-order valence-corrected chi connectivity index (χ3v) is 3.99. The zero-order chi connectivity index (χ0) is 14.7. The average molecular weight is 281 g/mol. The van der Waals surface area contributed by atoms with Gasteiger partial charge in [0.15, 0.2) is 6.10 Å². The second kappa shape index (κ2) is 6.10. The highest BCUT2D eigenvalue weighted by Gasteiger charge is 2.17. The Balaban J connectivity index is 1.61.